The summed E-state index contributed by atoms with van der Waals surface area (Å²) in [6.07, 6.45) is 3.93. The molecule has 7 aromatic carbocycles. The van der Waals surface area contributed by atoms with Crippen molar-refractivity contribution in [3.8, 4) is 5.75 Å². The molecular formula is C52H40N6O5+2. The van der Waals surface area contributed by atoms with Gasteiger partial charge in [-0.15, -0.1) is 0 Å². The van der Waals surface area contributed by atoms with Crippen molar-refractivity contribution in [2.45, 2.75) is 39.6 Å². The number of rotatable bonds is 2. The fraction of sp³-hybridized carbons (Fsp3) is 0.115. The molecule has 10 aromatic rings. The summed E-state index contributed by atoms with van der Waals surface area (Å²) in [4.78, 5) is 40.1. The summed E-state index contributed by atoms with van der Waals surface area (Å²) < 4.78 is 10.4. The quantitative estimate of drug-likeness (QED) is 0.106. The van der Waals surface area contributed by atoms with Crippen molar-refractivity contribution in [2.24, 2.45) is 0 Å². The lowest BCUT2D eigenvalue weighted by molar-refractivity contribution is -0.663. The molecule has 0 spiro atoms. The van der Waals surface area contributed by atoms with Gasteiger partial charge in [-0.25, -0.2) is 18.3 Å². The Morgan fingerprint density at radius 1 is 0.571 bits per heavy atom. The van der Waals surface area contributed by atoms with Gasteiger partial charge >= 0.3 is 0 Å². The van der Waals surface area contributed by atoms with E-state index in [1.54, 1.807) is 0 Å². The van der Waals surface area contributed by atoms with E-state index in [2.05, 4.69) is 20.6 Å². The summed E-state index contributed by atoms with van der Waals surface area (Å²) in [5.41, 5.74) is 10.7. The minimum absolute atomic E-state index is 0.00377. The second-order valence-corrected chi connectivity index (χ2v) is 16.3. The number of phenolic OH excluding ortho intramolecular Hbond substituents is 1. The molecule has 1 N–H and O–H groups in total. The van der Waals surface area contributed by atoms with Crippen LogP contribution < -0.4 is 9.13 Å². The van der Waals surface area contributed by atoms with Crippen molar-refractivity contribution in [1.29, 1.82) is 0 Å². The minimum atomic E-state index is -0.418. The van der Waals surface area contributed by atoms with E-state index >= 15 is 0 Å². The van der Waals surface area contributed by atoms with Gasteiger partial charge in [-0.1, -0.05) is 72.8 Å². The Bertz CT molecular complexity index is 3300. The van der Waals surface area contributed by atoms with Crippen molar-refractivity contribution in [2.75, 3.05) is 0 Å². The molecule has 6 heterocycles. The van der Waals surface area contributed by atoms with E-state index in [1.807, 2.05) is 155 Å². The number of aryl methyl sites for hydroxylation is 1. The van der Waals surface area contributed by atoms with Gasteiger partial charge in [0.05, 0.1) is 4.92 Å². The predicted molar refractivity (Wildman–Crippen MR) is 240 cm³/mol. The average Bonchev–Trinajstić information content (AvgIpc) is 3.95. The number of hydrogen-bond donors (Lipinski definition) is 1. The molecule has 0 unspecified atom stereocenters. The van der Waals surface area contributed by atoms with Crippen molar-refractivity contribution >= 4 is 61.1 Å². The van der Waals surface area contributed by atoms with Crippen LogP contribution in [0.4, 0.5) is 5.69 Å². The van der Waals surface area contributed by atoms with Crippen LogP contribution in [0.15, 0.2) is 158 Å². The van der Waals surface area contributed by atoms with E-state index in [0.29, 0.717) is 46.5 Å². The van der Waals surface area contributed by atoms with Crippen LogP contribution in [-0.2, 0) is 32.7 Å². The monoisotopic (exact) mass is 828 g/mol. The number of benzene rings is 7. The fourth-order valence-corrected chi connectivity index (χ4v) is 9.42. The smallest absolute Gasteiger partial charge is 0.270 e. The molecule has 306 valence electrons. The molecule has 13 rings (SSSR count). The highest BCUT2D eigenvalue weighted by Crippen LogP contribution is 2.34. The third-order valence-corrected chi connectivity index (χ3v) is 12.5. The zero-order valence-corrected chi connectivity index (χ0v) is 34.3. The molecule has 3 aromatic heterocycles. The van der Waals surface area contributed by atoms with Gasteiger partial charge in [0.15, 0.2) is 33.6 Å². The van der Waals surface area contributed by atoms with Gasteiger partial charge in [-0.3, -0.25) is 19.7 Å². The zero-order valence-electron chi connectivity index (χ0n) is 34.3. The number of hydrogen-bond acceptors (Lipinski definition) is 5. The number of non-ortho nitro benzene ring substituents is 1. The Kier molecular flexibility index (Phi) is 8.86. The molecule has 0 fully saturated rings. The highest BCUT2D eigenvalue weighted by atomic mass is 16.6. The molecule has 0 saturated heterocycles. The maximum Gasteiger partial charge on any atom is 0.270 e. The van der Waals surface area contributed by atoms with Crippen LogP contribution in [0, 0.1) is 10.1 Å². The summed E-state index contributed by atoms with van der Waals surface area (Å²) in [6.45, 7) is 4.21. The van der Waals surface area contributed by atoms with Crippen LogP contribution in [-0.4, -0.2) is 35.3 Å². The van der Waals surface area contributed by atoms with E-state index in [1.165, 1.54) is 12.1 Å². The lowest BCUT2D eigenvalue weighted by Gasteiger charge is -2.09. The third kappa shape index (κ3) is 6.44. The van der Waals surface area contributed by atoms with Gasteiger partial charge in [-0.2, -0.15) is 0 Å². The highest BCUT2D eigenvalue weighted by Gasteiger charge is 2.25. The molecule has 0 atom stereocenters. The Morgan fingerprint density at radius 3 is 1.43 bits per heavy atom. The van der Waals surface area contributed by atoms with Gasteiger partial charge in [0.2, 0.25) is 12.7 Å². The molecule has 0 amide bonds. The lowest BCUT2D eigenvalue weighted by Crippen LogP contribution is -2.32. The number of fused-ring (bicyclic) bond motifs is 4. The van der Waals surface area contributed by atoms with Crippen molar-refractivity contribution in [1.82, 2.24) is 13.7 Å². The van der Waals surface area contributed by atoms with Crippen molar-refractivity contribution < 1.29 is 28.8 Å². The van der Waals surface area contributed by atoms with Crippen molar-refractivity contribution in [3.05, 3.63) is 213 Å². The molecule has 11 heteroatoms. The van der Waals surface area contributed by atoms with Crippen LogP contribution in [0.5, 0.6) is 5.75 Å². The van der Waals surface area contributed by atoms with Crippen LogP contribution >= 0.6 is 0 Å². The van der Waals surface area contributed by atoms with Crippen LogP contribution in [0.3, 0.4) is 0 Å². The van der Waals surface area contributed by atoms with E-state index in [9.17, 15) is 24.8 Å². The first-order chi connectivity index (χ1) is 30.7. The number of ketones is 2. The molecule has 3 aliphatic heterocycles. The van der Waals surface area contributed by atoms with Crippen LogP contribution in [0.2, 0.25) is 0 Å². The van der Waals surface area contributed by atoms with E-state index in [-0.39, 0.29) is 36.1 Å². The molecule has 63 heavy (non-hydrogen) atoms. The number of imidazole rings is 2. The first-order valence-corrected chi connectivity index (χ1v) is 21.0. The Morgan fingerprint density at radius 2 is 1.00 bits per heavy atom. The van der Waals surface area contributed by atoms with Crippen LogP contribution in [0.1, 0.15) is 61.0 Å². The number of carbonyl (C=O) groups excluding carboxylic acids is 2. The number of aromatic hydroxyl groups is 1. The summed E-state index contributed by atoms with van der Waals surface area (Å²) in [5, 5.41) is 26.1. The average molecular weight is 829 g/mol. The van der Waals surface area contributed by atoms with Gasteiger partial charge in [-0.05, 0) is 78.7 Å². The third-order valence-electron chi connectivity index (χ3n) is 12.5. The minimum Gasteiger partial charge on any atom is -0.507 e. The predicted octanol–water partition coefficient (Wildman–Crippen LogP) is 8.88. The largest absolute Gasteiger partial charge is 0.507 e. The molecule has 0 radical (unpaired) electrons. The Hall–Kier alpha value is -8.18. The first-order valence-electron chi connectivity index (χ1n) is 21.0. The fourth-order valence-electron chi connectivity index (χ4n) is 9.42. The number of carbonyl (C=O) groups is 2. The van der Waals surface area contributed by atoms with Gasteiger partial charge in [0.25, 0.3) is 5.69 Å². The molecular weight excluding hydrogens is 789 g/mol. The summed E-state index contributed by atoms with van der Waals surface area (Å²) >= 11 is 0. The highest BCUT2D eigenvalue weighted by molar-refractivity contribution is 6.17. The molecule has 11 nitrogen and oxygen atoms in total. The van der Waals surface area contributed by atoms with Crippen molar-refractivity contribution in [3.63, 3.8) is 0 Å². The lowest BCUT2D eigenvalue weighted by atomic mass is 9.98. The number of nitro benzene ring substituents is 1. The number of nitrogens with zero attached hydrogens (tertiary/aromatic N) is 6. The maximum absolute atomic E-state index is 14.1. The van der Waals surface area contributed by atoms with E-state index in [0.717, 1.165) is 61.5 Å². The van der Waals surface area contributed by atoms with Gasteiger partial charge in [0.1, 0.15) is 31.9 Å². The molecule has 0 saturated carbocycles. The molecule has 14 bridgehead atoms. The standard InChI is InChI=1S/C52H39N6O5/c1-2-57-44-21-19-37-25-42(44)43-26-38(20-22-45(43)57)51(60)36-17-13-34(14-18-36)28-54-32-56(49-10-6-4-8-47(49)54)30-40-24-41(58(62)63)23-39(52(40)61)29-55-31-53(46-7-3-5-9-48(46)55)27-33-11-15-35(16-12-33)50(37)59/h3-26,31-32H,2,27-30H2,1H3/q+1/p+1. The van der Waals surface area contributed by atoms with Gasteiger partial charge in [0, 0.05) is 73.9 Å². The summed E-state index contributed by atoms with van der Waals surface area (Å²) in [7, 11) is 0. The van der Waals surface area contributed by atoms with Gasteiger partial charge < -0.3 is 9.67 Å². The zero-order chi connectivity index (χ0) is 42.9. The Labute approximate surface area is 360 Å². The number of nitro groups is 1. The summed E-state index contributed by atoms with van der Waals surface area (Å²) in [5.74, 6) is -0.198. The summed E-state index contributed by atoms with van der Waals surface area (Å²) in [6, 6.07) is 45.7. The Balaban J connectivity index is 1.06. The topological polar surface area (TPSA) is 120 Å². The second kappa shape index (κ2) is 14.8. The van der Waals surface area contributed by atoms with Crippen LogP contribution in [0.25, 0.3) is 43.9 Å². The first kappa shape index (κ1) is 37.8. The molecule has 3 aliphatic rings. The second-order valence-electron chi connectivity index (χ2n) is 16.3. The number of phenols is 1. The number of aromatic nitrogens is 5. The molecule has 0 aliphatic carbocycles. The van der Waals surface area contributed by atoms with E-state index < -0.39 is 4.92 Å². The normalized spacial score (nSPS) is 13.2. The maximum atomic E-state index is 14.1. The number of para-hydroxylation sites is 4. The SMILES string of the molecule is CCn1c2ccc3cc2c2cc(ccc21)C(=O)c1ccc(cc1)C[n+]1cn(c2ccccc21)Cc1cc([N+](=O)[O-])cc(c1O)Cn1c[n+](c2ccccc21)Cc1ccc(cc1)C3=O. The van der Waals surface area contributed by atoms with E-state index in [4.69, 9.17) is 0 Å².